The lowest BCUT2D eigenvalue weighted by Gasteiger charge is -2.45. The first-order valence-corrected chi connectivity index (χ1v) is 13.6. The molecule has 0 spiro atoms. The molecule has 0 N–H and O–H groups in total. The van der Waals surface area contributed by atoms with Crippen molar-refractivity contribution in [3.63, 3.8) is 0 Å². The van der Waals surface area contributed by atoms with E-state index in [1.165, 1.54) is 64.7 Å². The fraction of sp³-hybridized carbons (Fsp3) is 0.471. The zero-order valence-electron chi connectivity index (χ0n) is 23.0. The number of benzene rings is 3. The van der Waals surface area contributed by atoms with Crippen molar-refractivity contribution in [2.75, 3.05) is 13.1 Å². The quantitative estimate of drug-likeness (QED) is 0.318. The molecule has 2 atom stereocenters. The molecule has 0 unspecified atom stereocenters. The summed E-state index contributed by atoms with van der Waals surface area (Å²) < 4.78 is 1.17. The van der Waals surface area contributed by atoms with Gasteiger partial charge in [0.05, 0.1) is 13.1 Å². The second-order valence-corrected chi connectivity index (χ2v) is 13.2. The highest BCUT2D eigenvalue weighted by molar-refractivity contribution is 5.28. The fourth-order valence-electron chi connectivity index (χ4n) is 5.90. The molecule has 186 valence electrons. The van der Waals surface area contributed by atoms with Crippen molar-refractivity contribution >= 4 is 0 Å². The number of rotatable bonds is 6. The summed E-state index contributed by atoms with van der Waals surface area (Å²) in [6, 6.07) is 30.1. The molecule has 1 saturated heterocycles. The van der Waals surface area contributed by atoms with Crippen LogP contribution in [0.5, 0.6) is 0 Å². The van der Waals surface area contributed by atoms with Crippen molar-refractivity contribution < 1.29 is 4.48 Å². The number of hydrogen-bond donors (Lipinski definition) is 0. The van der Waals surface area contributed by atoms with E-state index in [4.69, 9.17) is 0 Å². The van der Waals surface area contributed by atoms with Crippen molar-refractivity contribution in [1.29, 1.82) is 0 Å². The van der Waals surface area contributed by atoms with Gasteiger partial charge in [0.2, 0.25) is 0 Å². The average molecular weight is 469 g/mol. The third kappa shape index (κ3) is 6.85. The van der Waals surface area contributed by atoms with Crippen molar-refractivity contribution in [2.45, 2.75) is 84.7 Å². The van der Waals surface area contributed by atoms with E-state index in [0.29, 0.717) is 0 Å². The van der Waals surface area contributed by atoms with E-state index in [1.807, 2.05) is 0 Å². The maximum atomic E-state index is 2.39. The fourth-order valence-corrected chi connectivity index (χ4v) is 5.90. The molecule has 3 aromatic rings. The number of piperidine rings is 1. The number of quaternary nitrogens is 1. The molecule has 4 rings (SSSR count). The lowest BCUT2D eigenvalue weighted by Crippen LogP contribution is -2.53. The maximum Gasteiger partial charge on any atom is 0.105 e. The Morgan fingerprint density at radius 1 is 0.629 bits per heavy atom. The molecule has 3 aromatic carbocycles. The van der Waals surface area contributed by atoms with Gasteiger partial charge in [-0.05, 0) is 46.8 Å². The molecule has 0 bridgehead atoms. The van der Waals surface area contributed by atoms with E-state index in [0.717, 1.165) is 19.0 Å². The Balaban J connectivity index is 1.54. The summed E-state index contributed by atoms with van der Waals surface area (Å²) in [6.07, 6.45) is 3.86. The Hall–Kier alpha value is -2.38. The van der Waals surface area contributed by atoms with Gasteiger partial charge in [-0.3, -0.25) is 0 Å². The van der Waals surface area contributed by atoms with Crippen molar-refractivity contribution in [1.82, 2.24) is 0 Å². The maximum absolute atomic E-state index is 2.39. The lowest BCUT2D eigenvalue weighted by atomic mass is 9.84. The predicted octanol–water partition coefficient (Wildman–Crippen LogP) is 8.45. The molecule has 0 saturated carbocycles. The van der Waals surface area contributed by atoms with Crippen LogP contribution in [0.1, 0.15) is 82.2 Å². The van der Waals surface area contributed by atoms with Gasteiger partial charge in [0.1, 0.15) is 13.1 Å². The molecule has 1 heterocycles. The van der Waals surface area contributed by atoms with Crippen LogP contribution in [-0.2, 0) is 30.3 Å². The first-order valence-electron chi connectivity index (χ1n) is 13.6. The normalized spacial score (nSPS) is 21.1. The molecular weight excluding hydrogens is 422 g/mol. The molecule has 1 aliphatic rings. The second kappa shape index (κ2) is 10.3. The number of nitrogens with zero attached hydrogens (tertiary/aromatic N) is 1. The van der Waals surface area contributed by atoms with Crippen molar-refractivity contribution in [3.8, 4) is 0 Å². The SMILES string of the molecule is CC(C)(C)c1ccc(C[C@@H]2CCC[N@@+](Cc3ccccc3)(Cc3ccc(C(C)(C)C)cc3)C2)cc1. The largest absolute Gasteiger partial charge is 0.316 e. The number of likely N-dealkylation sites (tertiary alicyclic amines) is 1. The van der Waals surface area contributed by atoms with Gasteiger partial charge in [-0.25, -0.2) is 0 Å². The predicted molar refractivity (Wildman–Crippen MR) is 151 cm³/mol. The number of hydrogen-bond acceptors (Lipinski definition) is 0. The molecule has 0 amide bonds. The van der Waals surface area contributed by atoms with Crippen LogP contribution in [0.3, 0.4) is 0 Å². The van der Waals surface area contributed by atoms with Gasteiger partial charge < -0.3 is 4.48 Å². The minimum absolute atomic E-state index is 0.202. The minimum Gasteiger partial charge on any atom is -0.316 e. The van der Waals surface area contributed by atoms with Gasteiger partial charge in [-0.15, -0.1) is 0 Å². The molecule has 0 aliphatic carbocycles. The van der Waals surface area contributed by atoms with Crippen molar-refractivity contribution in [3.05, 3.63) is 107 Å². The van der Waals surface area contributed by atoms with Crippen LogP contribution in [-0.4, -0.2) is 17.6 Å². The van der Waals surface area contributed by atoms with E-state index >= 15 is 0 Å². The Bertz CT molecular complexity index is 1060. The third-order valence-electron chi connectivity index (χ3n) is 7.93. The minimum atomic E-state index is 0.202. The van der Waals surface area contributed by atoms with Crippen LogP contribution in [0.4, 0.5) is 0 Å². The summed E-state index contributed by atoms with van der Waals surface area (Å²) in [7, 11) is 0. The highest BCUT2D eigenvalue weighted by Crippen LogP contribution is 2.32. The summed E-state index contributed by atoms with van der Waals surface area (Å²) in [4.78, 5) is 0. The Labute approximate surface area is 214 Å². The van der Waals surface area contributed by atoms with Crippen LogP contribution in [0.2, 0.25) is 0 Å². The topological polar surface area (TPSA) is 0 Å². The van der Waals surface area contributed by atoms with E-state index in [9.17, 15) is 0 Å². The van der Waals surface area contributed by atoms with Crippen LogP contribution in [0.15, 0.2) is 78.9 Å². The zero-order chi connectivity index (χ0) is 25.1. The van der Waals surface area contributed by atoms with E-state index in [1.54, 1.807) is 0 Å². The van der Waals surface area contributed by atoms with E-state index in [-0.39, 0.29) is 10.8 Å². The standard InChI is InChI=1S/C34H46N/c1-33(2,3)31-18-14-27(15-19-31)23-30-13-10-22-35(26-30,24-28-11-8-7-9-12-28)25-29-16-20-32(21-17-29)34(4,5)6/h7-9,11-12,14-21,30H,10,13,22-26H2,1-6H3/q+1/t30-,35+/m0/s1. The first kappa shape index (κ1) is 25.7. The zero-order valence-corrected chi connectivity index (χ0v) is 23.0. The molecule has 1 nitrogen and oxygen atoms in total. The summed E-state index contributed by atoms with van der Waals surface area (Å²) in [5.41, 5.74) is 7.71. The van der Waals surface area contributed by atoms with Crippen molar-refractivity contribution in [2.24, 2.45) is 5.92 Å². The molecule has 1 aliphatic heterocycles. The van der Waals surface area contributed by atoms with Gasteiger partial charge >= 0.3 is 0 Å². The summed E-state index contributed by atoms with van der Waals surface area (Å²) in [5.74, 6) is 0.738. The third-order valence-corrected chi connectivity index (χ3v) is 7.93. The summed E-state index contributed by atoms with van der Waals surface area (Å²) in [5, 5.41) is 0. The smallest absolute Gasteiger partial charge is 0.105 e. The highest BCUT2D eigenvalue weighted by Gasteiger charge is 2.35. The molecule has 1 fully saturated rings. The Kier molecular flexibility index (Phi) is 7.57. The van der Waals surface area contributed by atoms with Gasteiger partial charge in [0, 0.05) is 17.0 Å². The molecule has 1 heteroatoms. The van der Waals surface area contributed by atoms with Gasteiger partial charge in [0.15, 0.2) is 0 Å². The molecule has 35 heavy (non-hydrogen) atoms. The van der Waals surface area contributed by atoms with Gasteiger partial charge in [0.25, 0.3) is 0 Å². The monoisotopic (exact) mass is 468 g/mol. The first-order chi connectivity index (χ1) is 16.5. The summed E-state index contributed by atoms with van der Waals surface area (Å²) in [6.45, 7) is 18.6. The average Bonchev–Trinajstić information content (AvgIpc) is 2.79. The van der Waals surface area contributed by atoms with Crippen LogP contribution >= 0.6 is 0 Å². The highest BCUT2D eigenvalue weighted by atomic mass is 15.4. The van der Waals surface area contributed by atoms with Gasteiger partial charge in [-0.2, -0.15) is 0 Å². The molecule has 0 aromatic heterocycles. The lowest BCUT2D eigenvalue weighted by molar-refractivity contribution is -0.961. The van der Waals surface area contributed by atoms with Gasteiger partial charge in [-0.1, -0.05) is 120 Å². The van der Waals surface area contributed by atoms with E-state index < -0.39 is 0 Å². The Morgan fingerprint density at radius 2 is 1.11 bits per heavy atom. The molecule has 0 radical (unpaired) electrons. The van der Waals surface area contributed by atoms with Crippen LogP contribution in [0.25, 0.3) is 0 Å². The Morgan fingerprint density at radius 3 is 1.63 bits per heavy atom. The second-order valence-electron chi connectivity index (χ2n) is 13.2. The molecular formula is C34H46N+. The van der Waals surface area contributed by atoms with Crippen LogP contribution < -0.4 is 0 Å². The van der Waals surface area contributed by atoms with E-state index in [2.05, 4.69) is 120 Å². The summed E-state index contributed by atoms with van der Waals surface area (Å²) >= 11 is 0. The van der Waals surface area contributed by atoms with Crippen LogP contribution in [0, 0.1) is 5.92 Å².